The molecular weight excluding hydrogens is 252 g/mol. The first-order chi connectivity index (χ1) is 9.43. The third-order valence-corrected chi connectivity index (χ3v) is 3.35. The fourth-order valence-corrected chi connectivity index (χ4v) is 2.32. The first-order valence-corrected chi connectivity index (χ1v) is 6.89. The van der Waals surface area contributed by atoms with E-state index in [9.17, 15) is 4.79 Å². The molecule has 20 heavy (non-hydrogen) atoms. The summed E-state index contributed by atoms with van der Waals surface area (Å²) < 4.78 is 5.88. The molecule has 0 spiro atoms. The largest absolute Gasteiger partial charge is 0.478 e. The summed E-state index contributed by atoms with van der Waals surface area (Å²) in [5.41, 5.74) is 8.41. The summed E-state index contributed by atoms with van der Waals surface area (Å²) in [6.45, 7) is 10.8. The average molecular weight is 274 g/mol. The third-order valence-electron chi connectivity index (χ3n) is 3.35. The molecule has 2 rings (SSSR count). The summed E-state index contributed by atoms with van der Waals surface area (Å²) >= 11 is 0. The first kappa shape index (κ1) is 14.6. The van der Waals surface area contributed by atoms with Crippen LogP contribution in [0, 0.1) is 5.92 Å². The predicted molar refractivity (Wildman–Crippen MR) is 80.8 cm³/mol. The molecule has 4 nitrogen and oxygen atoms in total. The smallest absolute Gasteiger partial charge is 0.268 e. The molecule has 4 heteroatoms. The van der Waals surface area contributed by atoms with Crippen LogP contribution in [0.3, 0.4) is 0 Å². The van der Waals surface area contributed by atoms with E-state index in [1.807, 2.05) is 39.0 Å². The van der Waals surface area contributed by atoms with Gasteiger partial charge in [0.15, 0.2) is 6.10 Å². The lowest BCUT2D eigenvalue weighted by molar-refractivity contribution is -0.128. The zero-order valence-corrected chi connectivity index (χ0v) is 12.3. The van der Waals surface area contributed by atoms with Crippen molar-refractivity contribution >= 4 is 11.6 Å². The van der Waals surface area contributed by atoms with Crippen molar-refractivity contribution in [2.45, 2.75) is 33.4 Å². The van der Waals surface area contributed by atoms with Crippen LogP contribution >= 0.6 is 0 Å². The Balaban J connectivity index is 2.46. The van der Waals surface area contributed by atoms with Crippen molar-refractivity contribution in [3.8, 4) is 5.75 Å². The molecule has 1 unspecified atom stereocenters. The van der Waals surface area contributed by atoms with Gasteiger partial charge in [0.25, 0.3) is 5.91 Å². The number of nitrogens with two attached hydrogens (primary N) is 1. The van der Waals surface area contributed by atoms with Gasteiger partial charge in [0.2, 0.25) is 0 Å². The Morgan fingerprint density at radius 2 is 2.20 bits per heavy atom. The quantitative estimate of drug-likeness (QED) is 0.858. The minimum atomic E-state index is -0.449. The molecule has 0 radical (unpaired) electrons. The maximum atomic E-state index is 12.6. The molecule has 1 atom stereocenters. The molecule has 1 amide bonds. The highest BCUT2D eigenvalue weighted by atomic mass is 16.5. The maximum Gasteiger partial charge on any atom is 0.268 e. The van der Waals surface area contributed by atoms with E-state index in [0.29, 0.717) is 13.1 Å². The van der Waals surface area contributed by atoms with Crippen LogP contribution in [-0.2, 0) is 11.3 Å². The fraction of sp³-hybridized carbons (Fsp3) is 0.438. The van der Waals surface area contributed by atoms with Gasteiger partial charge in [-0.2, -0.15) is 0 Å². The number of ether oxygens (including phenoxy) is 1. The van der Waals surface area contributed by atoms with Crippen molar-refractivity contribution in [2.75, 3.05) is 11.4 Å². The van der Waals surface area contributed by atoms with E-state index in [0.717, 1.165) is 22.6 Å². The van der Waals surface area contributed by atoms with Gasteiger partial charge in [-0.15, -0.1) is 0 Å². The number of amides is 1. The van der Waals surface area contributed by atoms with Gasteiger partial charge in [0.1, 0.15) is 5.75 Å². The number of benzene rings is 1. The van der Waals surface area contributed by atoms with Gasteiger partial charge in [-0.3, -0.25) is 4.79 Å². The van der Waals surface area contributed by atoms with Gasteiger partial charge in [0, 0.05) is 13.1 Å². The highest BCUT2D eigenvalue weighted by Gasteiger charge is 2.36. The normalized spacial score (nSPS) is 17.9. The van der Waals surface area contributed by atoms with Crippen LogP contribution < -0.4 is 15.4 Å². The Kier molecular flexibility index (Phi) is 4.14. The molecule has 1 aromatic carbocycles. The second-order valence-corrected chi connectivity index (χ2v) is 5.67. The lowest BCUT2D eigenvalue weighted by atomic mass is 10.0. The highest BCUT2D eigenvalue weighted by Crippen LogP contribution is 2.36. The summed E-state index contributed by atoms with van der Waals surface area (Å²) in [7, 11) is 0. The molecule has 0 aliphatic carbocycles. The topological polar surface area (TPSA) is 55.6 Å². The summed E-state index contributed by atoms with van der Waals surface area (Å²) in [6, 6.07) is 5.74. The fourth-order valence-electron chi connectivity index (χ4n) is 2.32. The lowest BCUT2D eigenvalue weighted by Gasteiger charge is -2.36. The second kappa shape index (κ2) is 5.67. The van der Waals surface area contributed by atoms with Crippen LogP contribution in [0.4, 0.5) is 5.69 Å². The van der Waals surface area contributed by atoms with E-state index in [4.69, 9.17) is 10.5 Å². The molecule has 0 aromatic heterocycles. The Bertz CT molecular complexity index is 537. The molecular formula is C16H22N2O2. The molecule has 108 valence electrons. The van der Waals surface area contributed by atoms with Crippen LogP contribution in [0.25, 0.3) is 0 Å². The zero-order chi connectivity index (χ0) is 14.9. The van der Waals surface area contributed by atoms with E-state index >= 15 is 0 Å². The van der Waals surface area contributed by atoms with Gasteiger partial charge in [-0.25, -0.2) is 0 Å². The Labute approximate surface area is 120 Å². The molecule has 0 bridgehead atoms. The zero-order valence-electron chi connectivity index (χ0n) is 12.3. The van der Waals surface area contributed by atoms with Crippen molar-refractivity contribution in [3.63, 3.8) is 0 Å². The number of hydrogen-bond acceptors (Lipinski definition) is 3. The van der Waals surface area contributed by atoms with E-state index in [2.05, 4.69) is 6.58 Å². The Morgan fingerprint density at radius 3 is 2.75 bits per heavy atom. The second-order valence-electron chi connectivity index (χ2n) is 5.67. The van der Waals surface area contributed by atoms with Crippen molar-refractivity contribution in [2.24, 2.45) is 11.7 Å². The average Bonchev–Trinajstić information content (AvgIpc) is 2.40. The van der Waals surface area contributed by atoms with Crippen LogP contribution in [-0.4, -0.2) is 18.6 Å². The first-order valence-electron chi connectivity index (χ1n) is 6.89. The number of rotatable bonds is 4. The summed E-state index contributed by atoms with van der Waals surface area (Å²) in [5.74, 6) is 0.841. The molecule has 1 aromatic rings. The number of anilines is 1. The van der Waals surface area contributed by atoms with Crippen molar-refractivity contribution in [3.05, 3.63) is 35.9 Å². The predicted octanol–water partition coefficient (Wildman–Crippen LogP) is 2.47. The van der Waals surface area contributed by atoms with Gasteiger partial charge < -0.3 is 15.4 Å². The molecule has 0 saturated heterocycles. The van der Waals surface area contributed by atoms with E-state index in [1.165, 1.54) is 0 Å². The number of hydrogen-bond donors (Lipinski definition) is 1. The summed E-state index contributed by atoms with van der Waals surface area (Å²) in [6.07, 6.45) is -0.449. The number of fused-ring (bicyclic) bond motifs is 1. The van der Waals surface area contributed by atoms with Gasteiger partial charge in [0.05, 0.1) is 5.69 Å². The summed E-state index contributed by atoms with van der Waals surface area (Å²) in [4.78, 5) is 14.3. The van der Waals surface area contributed by atoms with Crippen LogP contribution in [0.1, 0.15) is 26.3 Å². The van der Waals surface area contributed by atoms with Gasteiger partial charge in [-0.05, 0) is 30.5 Å². The maximum absolute atomic E-state index is 12.6. The van der Waals surface area contributed by atoms with Gasteiger partial charge >= 0.3 is 0 Å². The van der Waals surface area contributed by atoms with Gasteiger partial charge in [-0.1, -0.05) is 32.1 Å². The molecule has 1 aliphatic heterocycles. The SMILES string of the molecule is C=C(C)CN1C(=O)C(C(C)C)Oc2cc(CN)ccc21. The van der Waals surface area contributed by atoms with Crippen molar-refractivity contribution in [1.82, 2.24) is 0 Å². The van der Waals surface area contributed by atoms with E-state index in [-0.39, 0.29) is 11.8 Å². The van der Waals surface area contributed by atoms with E-state index < -0.39 is 6.10 Å². The van der Waals surface area contributed by atoms with Crippen molar-refractivity contribution < 1.29 is 9.53 Å². The minimum absolute atomic E-state index is 0.00371. The minimum Gasteiger partial charge on any atom is -0.478 e. The van der Waals surface area contributed by atoms with Crippen LogP contribution in [0.15, 0.2) is 30.4 Å². The molecule has 1 aliphatic rings. The third kappa shape index (κ3) is 2.70. The summed E-state index contributed by atoms with van der Waals surface area (Å²) in [5, 5.41) is 0. The lowest BCUT2D eigenvalue weighted by Crippen LogP contribution is -2.48. The highest BCUT2D eigenvalue weighted by molar-refractivity contribution is 6.00. The molecule has 0 fully saturated rings. The number of carbonyl (C=O) groups excluding carboxylic acids is 1. The van der Waals surface area contributed by atoms with Crippen LogP contribution in [0.5, 0.6) is 5.75 Å². The molecule has 2 N–H and O–H groups in total. The Morgan fingerprint density at radius 1 is 1.50 bits per heavy atom. The van der Waals surface area contributed by atoms with E-state index in [1.54, 1.807) is 4.90 Å². The molecule has 0 saturated carbocycles. The standard InChI is InChI=1S/C16H22N2O2/c1-10(2)9-18-13-6-5-12(8-17)7-14(13)20-15(11(3)4)16(18)19/h5-7,11,15H,1,8-9,17H2,2-4H3. The van der Waals surface area contributed by atoms with Crippen LogP contribution in [0.2, 0.25) is 0 Å². The number of carbonyl (C=O) groups is 1. The molecule has 1 heterocycles. The van der Waals surface area contributed by atoms with Crippen molar-refractivity contribution in [1.29, 1.82) is 0 Å². The monoisotopic (exact) mass is 274 g/mol. The Hall–Kier alpha value is -1.81. The number of nitrogens with zero attached hydrogens (tertiary/aromatic N) is 1.